The Morgan fingerprint density at radius 2 is 2.44 bits per heavy atom. The van der Waals surface area contributed by atoms with Gasteiger partial charge in [0, 0.05) is 18.8 Å². The number of likely N-dealkylation sites (tertiary alicyclic amines) is 1. The van der Waals surface area contributed by atoms with Crippen molar-refractivity contribution in [1.82, 2.24) is 9.88 Å². The molecule has 0 spiro atoms. The van der Waals surface area contributed by atoms with Gasteiger partial charge in [0.25, 0.3) is 0 Å². The fourth-order valence-corrected chi connectivity index (χ4v) is 2.05. The minimum atomic E-state index is 0.0784. The van der Waals surface area contributed by atoms with E-state index in [9.17, 15) is 4.79 Å². The van der Waals surface area contributed by atoms with Crippen LogP contribution in [-0.2, 0) is 0 Å². The molecule has 0 saturated carbocycles. The van der Waals surface area contributed by atoms with E-state index < -0.39 is 0 Å². The van der Waals surface area contributed by atoms with Crippen LogP contribution in [-0.4, -0.2) is 41.3 Å². The number of ketones is 1. The summed E-state index contributed by atoms with van der Waals surface area (Å²) in [6, 6.07) is 5.62. The lowest BCUT2D eigenvalue weighted by molar-refractivity contribution is 0.0903. The number of hydrogen-bond donors (Lipinski definition) is 1. The molecule has 1 saturated heterocycles. The van der Waals surface area contributed by atoms with Gasteiger partial charge >= 0.3 is 0 Å². The number of piperidine rings is 1. The largest absolute Gasteiger partial charge is 0.327 e. The van der Waals surface area contributed by atoms with Gasteiger partial charge in [-0.15, -0.1) is 0 Å². The fraction of sp³-hybridized carbons (Fsp3) is 0.500. The number of rotatable bonds is 3. The predicted octanol–water partition coefficient (Wildman–Crippen LogP) is 0.687. The fourth-order valence-electron chi connectivity index (χ4n) is 2.05. The first-order valence-electron chi connectivity index (χ1n) is 5.68. The van der Waals surface area contributed by atoms with E-state index in [-0.39, 0.29) is 11.8 Å². The van der Waals surface area contributed by atoms with Crippen molar-refractivity contribution in [2.45, 2.75) is 18.9 Å². The molecule has 86 valence electrons. The molecule has 0 unspecified atom stereocenters. The number of aromatic nitrogens is 1. The molecule has 1 aliphatic rings. The lowest BCUT2D eigenvalue weighted by Crippen LogP contribution is -2.44. The summed E-state index contributed by atoms with van der Waals surface area (Å²) < 4.78 is 0. The van der Waals surface area contributed by atoms with Gasteiger partial charge in [-0.25, -0.2) is 0 Å². The third-order valence-corrected chi connectivity index (χ3v) is 2.86. The maximum absolute atomic E-state index is 11.9. The monoisotopic (exact) mass is 219 g/mol. The average Bonchev–Trinajstić information content (AvgIpc) is 2.30. The second-order valence-electron chi connectivity index (χ2n) is 4.28. The molecule has 4 heteroatoms. The maximum Gasteiger partial charge on any atom is 0.195 e. The molecule has 2 N–H and O–H groups in total. The molecule has 1 aromatic rings. The summed E-state index contributed by atoms with van der Waals surface area (Å²) in [6.07, 6.45) is 3.79. The van der Waals surface area contributed by atoms with Gasteiger partial charge in [0.1, 0.15) is 5.69 Å². The van der Waals surface area contributed by atoms with E-state index in [1.54, 1.807) is 12.3 Å². The summed E-state index contributed by atoms with van der Waals surface area (Å²) in [7, 11) is 0. The highest BCUT2D eigenvalue weighted by Crippen LogP contribution is 2.08. The predicted molar refractivity (Wildman–Crippen MR) is 62.2 cm³/mol. The van der Waals surface area contributed by atoms with Crippen LogP contribution in [0.1, 0.15) is 23.3 Å². The second kappa shape index (κ2) is 5.18. The van der Waals surface area contributed by atoms with Gasteiger partial charge in [0.05, 0.1) is 6.54 Å². The number of pyridine rings is 1. The molecule has 0 radical (unpaired) electrons. The minimum absolute atomic E-state index is 0.0784. The molecule has 1 fully saturated rings. The lowest BCUT2D eigenvalue weighted by Gasteiger charge is -2.29. The zero-order valence-electron chi connectivity index (χ0n) is 9.30. The Labute approximate surface area is 95.5 Å². The first kappa shape index (κ1) is 11.2. The molecular formula is C12H17N3O. The minimum Gasteiger partial charge on any atom is -0.327 e. The first-order chi connectivity index (χ1) is 7.75. The van der Waals surface area contributed by atoms with Crippen LogP contribution in [0.2, 0.25) is 0 Å². The Kier molecular flexibility index (Phi) is 3.64. The van der Waals surface area contributed by atoms with Crippen molar-refractivity contribution < 1.29 is 4.79 Å². The molecule has 1 aliphatic heterocycles. The Morgan fingerprint density at radius 3 is 3.12 bits per heavy atom. The van der Waals surface area contributed by atoms with Crippen molar-refractivity contribution in [1.29, 1.82) is 0 Å². The van der Waals surface area contributed by atoms with Crippen LogP contribution >= 0.6 is 0 Å². The molecule has 0 aromatic carbocycles. The summed E-state index contributed by atoms with van der Waals surface area (Å²) >= 11 is 0. The highest BCUT2D eigenvalue weighted by Gasteiger charge is 2.19. The summed E-state index contributed by atoms with van der Waals surface area (Å²) in [5, 5.41) is 0. The van der Waals surface area contributed by atoms with Crippen LogP contribution in [0.15, 0.2) is 24.4 Å². The first-order valence-corrected chi connectivity index (χ1v) is 5.68. The van der Waals surface area contributed by atoms with Crippen molar-refractivity contribution in [3.63, 3.8) is 0 Å². The van der Waals surface area contributed by atoms with E-state index in [0.29, 0.717) is 12.2 Å². The van der Waals surface area contributed by atoms with Crippen LogP contribution in [0.25, 0.3) is 0 Å². The summed E-state index contributed by atoms with van der Waals surface area (Å²) in [4.78, 5) is 18.0. The third-order valence-electron chi connectivity index (χ3n) is 2.86. The Morgan fingerprint density at radius 1 is 1.56 bits per heavy atom. The molecule has 2 rings (SSSR count). The standard InChI is InChI=1S/C12H17N3O/c13-10-4-3-7-15(8-10)9-12(16)11-5-1-2-6-14-11/h1-2,5-6,10H,3-4,7-9,13H2/t10-/m0/s1. The molecule has 1 aromatic heterocycles. The zero-order chi connectivity index (χ0) is 11.4. The van der Waals surface area contributed by atoms with E-state index in [4.69, 9.17) is 5.73 Å². The number of carbonyl (C=O) groups is 1. The molecule has 0 amide bonds. The number of nitrogens with two attached hydrogens (primary N) is 1. The molecule has 16 heavy (non-hydrogen) atoms. The molecule has 2 heterocycles. The molecule has 0 bridgehead atoms. The van der Waals surface area contributed by atoms with Gasteiger partial charge in [-0.3, -0.25) is 14.7 Å². The number of hydrogen-bond acceptors (Lipinski definition) is 4. The zero-order valence-corrected chi connectivity index (χ0v) is 9.30. The van der Waals surface area contributed by atoms with Gasteiger partial charge in [-0.2, -0.15) is 0 Å². The molecule has 0 aliphatic carbocycles. The normalized spacial score (nSPS) is 21.9. The van der Waals surface area contributed by atoms with Crippen LogP contribution in [0.5, 0.6) is 0 Å². The van der Waals surface area contributed by atoms with Crippen molar-refractivity contribution in [3.8, 4) is 0 Å². The molecule has 4 nitrogen and oxygen atoms in total. The summed E-state index contributed by atoms with van der Waals surface area (Å²) in [5.41, 5.74) is 6.41. The Hall–Kier alpha value is -1.26. The SMILES string of the molecule is N[C@H]1CCCN(CC(=O)c2ccccn2)C1. The van der Waals surface area contributed by atoms with Crippen molar-refractivity contribution in [2.75, 3.05) is 19.6 Å². The number of nitrogens with zero attached hydrogens (tertiary/aromatic N) is 2. The molecular weight excluding hydrogens is 202 g/mol. The highest BCUT2D eigenvalue weighted by molar-refractivity contribution is 5.95. The molecule has 1 atom stereocenters. The van der Waals surface area contributed by atoms with Crippen molar-refractivity contribution in [3.05, 3.63) is 30.1 Å². The Balaban J connectivity index is 1.92. The van der Waals surface area contributed by atoms with Gasteiger partial charge in [-0.1, -0.05) is 6.07 Å². The van der Waals surface area contributed by atoms with Gasteiger partial charge in [0.15, 0.2) is 5.78 Å². The van der Waals surface area contributed by atoms with Crippen LogP contribution < -0.4 is 5.73 Å². The quantitative estimate of drug-likeness (QED) is 0.760. The smallest absolute Gasteiger partial charge is 0.195 e. The van der Waals surface area contributed by atoms with Gasteiger partial charge < -0.3 is 5.73 Å². The maximum atomic E-state index is 11.9. The van der Waals surface area contributed by atoms with Crippen LogP contribution in [0.4, 0.5) is 0 Å². The van der Waals surface area contributed by atoms with Crippen LogP contribution in [0.3, 0.4) is 0 Å². The van der Waals surface area contributed by atoms with E-state index >= 15 is 0 Å². The highest BCUT2D eigenvalue weighted by atomic mass is 16.1. The van der Waals surface area contributed by atoms with E-state index in [2.05, 4.69) is 9.88 Å². The van der Waals surface area contributed by atoms with E-state index in [1.165, 1.54) is 0 Å². The van der Waals surface area contributed by atoms with Crippen LogP contribution in [0, 0.1) is 0 Å². The van der Waals surface area contributed by atoms with Gasteiger partial charge in [-0.05, 0) is 31.5 Å². The van der Waals surface area contributed by atoms with E-state index in [1.807, 2.05) is 12.1 Å². The Bertz CT molecular complexity index is 353. The van der Waals surface area contributed by atoms with Crippen molar-refractivity contribution in [2.24, 2.45) is 5.73 Å². The van der Waals surface area contributed by atoms with Crippen molar-refractivity contribution >= 4 is 5.78 Å². The summed E-state index contributed by atoms with van der Waals surface area (Å²) in [5.74, 6) is 0.0784. The number of carbonyl (C=O) groups excluding carboxylic acids is 1. The topological polar surface area (TPSA) is 59.2 Å². The average molecular weight is 219 g/mol. The number of Topliss-reactive ketones (excluding diaryl/α,β-unsaturated/α-hetero) is 1. The second-order valence-corrected chi connectivity index (χ2v) is 4.28. The lowest BCUT2D eigenvalue weighted by atomic mass is 10.1. The third kappa shape index (κ3) is 2.87. The van der Waals surface area contributed by atoms with Gasteiger partial charge in [0.2, 0.25) is 0 Å². The summed E-state index contributed by atoms with van der Waals surface area (Å²) in [6.45, 7) is 2.22. The van der Waals surface area contributed by atoms with E-state index in [0.717, 1.165) is 25.9 Å².